The molecule has 1 atom stereocenters. The molecule has 8 heteroatoms. The molecule has 7 nitrogen and oxygen atoms in total. The molecule has 1 heterocycles. The molecular weight excluding hydrogens is 422 g/mol. The lowest BCUT2D eigenvalue weighted by molar-refractivity contribution is -0.145. The molecule has 0 spiro atoms. The third kappa shape index (κ3) is 4.49. The first kappa shape index (κ1) is 20.4. The number of fused-ring (bicyclic) bond motifs is 1. The maximum Gasteiger partial charge on any atom is 0.349 e. The molecule has 3 aromatic carbocycles. The van der Waals surface area contributed by atoms with Crippen LogP contribution in [0, 0.1) is 11.3 Å². The van der Waals surface area contributed by atoms with Crippen molar-refractivity contribution in [3.05, 3.63) is 82.4 Å². The van der Waals surface area contributed by atoms with Crippen LogP contribution in [0.3, 0.4) is 0 Å². The lowest BCUT2D eigenvalue weighted by Crippen LogP contribution is -2.19. The zero-order valence-electron chi connectivity index (χ0n) is 16.1. The summed E-state index contributed by atoms with van der Waals surface area (Å²) in [6.07, 6.45) is -1.42. The van der Waals surface area contributed by atoms with E-state index in [1.807, 2.05) is 18.2 Å². The zero-order chi connectivity index (χ0) is 21.8. The molecule has 0 fully saturated rings. The van der Waals surface area contributed by atoms with Crippen molar-refractivity contribution in [1.29, 1.82) is 5.26 Å². The lowest BCUT2D eigenvalue weighted by atomic mass is 10.1. The molecular formula is C23H16ClNO6. The molecule has 4 rings (SSSR count). The first-order valence-corrected chi connectivity index (χ1v) is 9.62. The Morgan fingerprint density at radius 2 is 1.94 bits per heavy atom. The van der Waals surface area contributed by atoms with E-state index in [0.717, 1.165) is 5.56 Å². The van der Waals surface area contributed by atoms with E-state index >= 15 is 0 Å². The third-order valence-corrected chi connectivity index (χ3v) is 4.91. The van der Waals surface area contributed by atoms with Crippen molar-refractivity contribution in [2.24, 2.45) is 0 Å². The number of carboxylic acid groups (broad SMARTS) is 1. The number of aliphatic carboxylic acids is 1. The molecule has 0 aromatic heterocycles. The van der Waals surface area contributed by atoms with Crippen LogP contribution in [0.1, 0.15) is 22.8 Å². The summed E-state index contributed by atoms with van der Waals surface area (Å²) in [5, 5.41) is 19.2. The van der Waals surface area contributed by atoms with Gasteiger partial charge in [-0.25, -0.2) is 4.79 Å². The van der Waals surface area contributed by atoms with E-state index in [-0.39, 0.29) is 35.3 Å². The van der Waals surface area contributed by atoms with Crippen LogP contribution >= 0.6 is 11.6 Å². The number of para-hydroxylation sites is 1. The molecule has 3 aromatic rings. The Labute approximate surface area is 182 Å². The Kier molecular flexibility index (Phi) is 5.83. The normalized spacial score (nSPS) is 12.6. The maximum atomic E-state index is 11.9. The number of rotatable bonds is 7. The van der Waals surface area contributed by atoms with Crippen molar-refractivity contribution in [3.63, 3.8) is 0 Å². The molecule has 0 amide bonds. The predicted octanol–water partition coefficient (Wildman–Crippen LogP) is 4.72. The summed E-state index contributed by atoms with van der Waals surface area (Å²) < 4.78 is 22.1. The van der Waals surface area contributed by atoms with E-state index in [9.17, 15) is 15.2 Å². The van der Waals surface area contributed by atoms with Gasteiger partial charge in [0.15, 0.2) is 11.5 Å². The molecule has 0 radical (unpaired) electrons. The molecule has 31 heavy (non-hydrogen) atoms. The van der Waals surface area contributed by atoms with E-state index in [0.29, 0.717) is 17.2 Å². The van der Waals surface area contributed by atoms with E-state index < -0.39 is 12.1 Å². The number of nitriles is 1. The van der Waals surface area contributed by atoms with Gasteiger partial charge >= 0.3 is 5.97 Å². The Morgan fingerprint density at radius 1 is 1.13 bits per heavy atom. The summed E-state index contributed by atoms with van der Waals surface area (Å²) in [6.45, 7) is 0.416. The average Bonchev–Trinajstić information content (AvgIpc) is 3.25. The first-order chi connectivity index (χ1) is 15.0. The van der Waals surface area contributed by atoms with Gasteiger partial charge in [0.25, 0.3) is 0 Å². The van der Waals surface area contributed by atoms with Gasteiger partial charge in [0.05, 0.1) is 5.56 Å². The molecule has 0 bridgehead atoms. The van der Waals surface area contributed by atoms with Gasteiger partial charge in [-0.3, -0.25) is 0 Å². The van der Waals surface area contributed by atoms with Crippen LogP contribution in [0.15, 0.2) is 60.7 Å². The summed E-state index contributed by atoms with van der Waals surface area (Å²) in [7, 11) is 0. The minimum atomic E-state index is -1.42. The monoisotopic (exact) mass is 437 g/mol. The number of carboxylic acids is 1. The van der Waals surface area contributed by atoms with Crippen LogP contribution < -0.4 is 18.9 Å². The van der Waals surface area contributed by atoms with Crippen molar-refractivity contribution < 1.29 is 28.8 Å². The molecule has 1 unspecified atom stereocenters. The minimum absolute atomic E-state index is 0.153. The topological polar surface area (TPSA) is 98.0 Å². The second-order valence-corrected chi connectivity index (χ2v) is 7.01. The first-order valence-electron chi connectivity index (χ1n) is 9.24. The highest BCUT2D eigenvalue weighted by Gasteiger charge is 2.26. The average molecular weight is 438 g/mol. The van der Waals surface area contributed by atoms with Crippen molar-refractivity contribution in [2.45, 2.75) is 12.7 Å². The van der Waals surface area contributed by atoms with E-state index in [2.05, 4.69) is 0 Å². The van der Waals surface area contributed by atoms with Crippen molar-refractivity contribution in [1.82, 2.24) is 0 Å². The second kappa shape index (κ2) is 8.86. The van der Waals surface area contributed by atoms with Gasteiger partial charge < -0.3 is 24.1 Å². The summed E-state index contributed by atoms with van der Waals surface area (Å²) in [5.41, 5.74) is 1.29. The minimum Gasteiger partial charge on any atom is -0.489 e. The summed E-state index contributed by atoms with van der Waals surface area (Å²) in [5.74, 6) is 0.646. The molecule has 1 aliphatic rings. The van der Waals surface area contributed by atoms with Gasteiger partial charge in [-0.1, -0.05) is 29.8 Å². The molecule has 1 aliphatic heterocycles. The number of benzene rings is 3. The number of carbonyl (C=O) groups is 1. The Morgan fingerprint density at radius 3 is 2.74 bits per heavy atom. The highest BCUT2D eigenvalue weighted by Crippen LogP contribution is 2.34. The molecule has 0 saturated carbocycles. The van der Waals surface area contributed by atoms with Crippen molar-refractivity contribution >= 4 is 17.6 Å². The van der Waals surface area contributed by atoms with Gasteiger partial charge in [0.2, 0.25) is 12.9 Å². The SMILES string of the molecule is N#Cc1ccccc1OC(C(=O)O)c1cc(OCc2ccc3c(c2)OCO3)ccc1Cl. The Hall–Kier alpha value is -3.89. The van der Waals surface area contributed by atoms with Gasteiger partial charge in [0.1, 0.15) is 24.2 Å². The number of halogens is 1. The Bertz CT molecular complexity index is 1170. The fourth-order valence-electron chi connectivity index (χ4n) is 3.05. The summed E-state index contributed by atoms with van der Waals surface area (Å²) in [6, 6.07) is 18.5. The molecule has 0 saturated heterocycles. The standard InChI is InChI=1S/C23H16ClNO6/c24-18-7-6-16(28-12-14-5-8-20-21(9-14)30-13-29-20)10-17(18)22(23(26)27)31-19-4-2-1-3-15(19)11-25/h1-10,22H,12-13H2,(H,26,27). The van der Waals surface area contributed by atoms with Crippen LogP contribution in [0.5, 0.6) is 23.0 Å². The summed E-state index contributed by atoms with van der Waals surface area (Å²) >= 11 is 6.26. The van der Waals surface area contributed by atoms with E-state index in [4.69, 9.17) is 30.5 Å². The van der Waals surface area contributed by atoms with Crippen LogP contribution in [0.25, 0.3) is 0 Å². The fraction of sp³-hybridized carbons (Fsp3) is 0.130. The molecule has 0 aliphatic carbocycles. The number of hydrogen-bond donors (Lipinski definition) is 1. The Balaban J connectivity index is 1.55. The fourth-order valence-corrected chi connectivity index (χ4v) is 3.26. The van der Waals surface area contributed by atoms with Gasteiger partial charge in [-0.15, -0.1) is 0 Å². The van der Waals surface area contributed by atoms with E-state index in [1.165, 1.54) is 12.1 Å². The number of nitrogens with zero attached hydrogens (tertiary/aromatic N) is 1. The number of hydrogen-bond acceptors (Lipinski definition) is 6. The summed E-state index contributed by atoms with van der Waals surface area (Å²) in [4.78, 5) is 11.9. The van der Waals surface area contributed by atoms with E-state index in [1.54, 1.807) is 36.4 Å². The van der Waals surface area contributed by atoms with Gasteiger partial charge in [0, 0.05) is 10.6 Å². The maximum absolute atomic E-state index is 11.9. The molecule has 1 N–H and O–H groups in total. The van der Waals surface area contributed by atoms with Crippen LogP contribution in [0.4, 0.5) is 0 Å². The quantitative estimate of drug-likeness (QED) is 0.570. The van der Waals surface area contributed by atoms with Crippen LogP contribution in [-0.4, -0.2) is 17.9 Å². The largest absolute Gasteiger partial charge is 0.489 e. The second-order valence-electron chi connectivity index (χ2n) is 6.60. The van der Waals surface area contributed by atoms with Gasteiger partial charge in [-0.2, -0.15) is 5.26 Å². The predicted molar refractivity (Wildman–Crippen MR) is 111 cm³/mol. The van der Waals surface area contributed by atoms with Crippen molar-refractivity contribution in [3.8, 4) is 29.1 Å². The third-order valence-electron chi connectivity index (χ3n) is 4.57. The molecule has 156 valence electrons. The zero-order valence-corrected chi connectivity index (χ0v) is 16.8. The van der Waals surface area contributed by atoms with Crippen LogP contribution in [-0.2, 0) is 11.4 Å². The number of ether oxygens (including phenoxy) is 4. The van der Waals surface area contributed by atoms with Gasteiger partial charge in [-0.05, 0) is 48.0 Å². The lowest BCUT2D eigenvalue weighted by Gasteiger charge is -2.18. The smallest absolute Gasteiger partial charge is 0.349 e. The highest BCUT2D eigenvalue weighted by atomic mass is 35.5. The highest BCUT2D eigenvalue weighted by molar-refractivity contribution is 6.31. The van der Waals surface area contributed by atoms with Crippen molar-refractivity contribution in [2.75, 3.05) is 6.79 Å². The van der Waals surface area contributed by atoms with Crippen LogP contribution in [0.2, 0.25) is 5.02 Å².